The molecule has 8 nitrogen and oxygen atoms in total. The molecule has 1 saturated heterocycles. The molecule has 6 unspecified atom stereocenters. The number of rotatable bonds is 5. The van der Waals surface area contributed by atoms with E-state index in [1.54, 1.807) is 45.6 Å². The Kier molecular flexibility index (Phi) is 4.40. The van der Waals surface area contributed by atoms with Gasteiger partial charge in [-0.25, -0.2) is 0 Å². The third kappa shape index (κ3) is 2.66. The van der Waals surface area contributed by atoms with Crippen LogP contribution in [-0.2, 0) is 14.4 Å². The highest BCUT2D eigenvalue weighted by Crippen LogP contribution is 2.62. The molecule has 2 amide bonds. The van der Waals surface area contributed by atoms with E-state index in [1.807, 2.05) is 18.2 Å². The Morgan fingerprint density at radius 3 is 2.18 bits per heavy atom. The molecular weight excluding hydrogens is 424 g/mol. The van der Waals surface area contributed by atoms with Gasteiger partial charge in [-0.15, -0.1) is 0 Å². The lowest BCUT2D eigenvalue weighted by Crippen LogP contribution is -2.41. The number of hydrogen-bond donors (Lipinski definition) is 0. The van der Waals surface area contributed by atoms with E-state index in [2.05, 4.69) is 5.16 Å². The van der Waals surface area contributed by atoms with Crippen molar-refractivity contribution in [2.45, 2.75) is 12.5 Å². The molecule has 2 aliphatic heterocycles. The number of oxime groups is 1. The monoisotopic (exact) mass is 448 g/mol. The van der Waals surface area contributed by atoms with Gasteiger partial charge >= 0.3 is 0 Å². The summed E-state index contributed by atoms with van der Waals surface area (Å²) in [5.41, 5.74) is 2.20. The largest absolute Gasteiger partial charge is 0.497 e. The molecular formula is C25H24N2O6. The highest BCUT2D eigenvalue weighted by Gasteiger charge is 2.70. The third-order valence-corrected chi connectivity index (χ3v) is 7.71. The van der Waals surface area contributed by atoms with Crippen LogP contribution >= 0.6 is 0 Å². The molecule has 2 bridgehead atoms. The molecule has 2 heterocycles. The second kappa shape index (κ2) is 7.23. The molecule has 2 aliphatic carbocycles. The third-order valence-electron chi connectivity index (χ3n) is 7.71. The molecule has 3 fully saturated rings. The number of imide groups is 1. The first kappa shape index (κ1) is 20.1. The molecule has 0 spiro atoms. The molecule has 33 heavy (non-hydrogen) atoms. The predicted octanol–water partition coefficient (Wildman–Crippen LogP) is 2.89. The Bertz CT molecular complexity index is 1180. The van der Waals surface area contributed by atoms with Gasteiger partial charge in [0, 0.05) is 23.5 Å². The van der Waals surface area contributed by atoms with E-state index in [4.69, 9.17) is 19.0 Å². The van der Waals surface area contributed by atoms with E-state index < -0.39 is 0 Å². The maximum Gasteiger partial charge on any atom is 0.238 e. The second-order valence-electron chi connectivity index (χ2n) is 8.96. The number of fused-ring (bicyclic) bond motifs is 8. The average molecular weight is 448 g/mol. The Hall–Kier alpha value is -3.55. The molecule has 0 aromatic heterocycles. The number of carbonyl (C=O) groups is 2. The standard InChI is InChI=1S/C25H24N2O6/c1-30-13-6-4-12(5-7-13)27-24(28)19-16-11-17(20(19)25(27)29)23-21(16)22(26-33-23)15-9-8-14(31-2)10-18(15)32-3/h4-10,16-17,19-21,23H,11H2,1-3H3. The van der Waals surface area contributed by atoms with Crippen molar-refractivity contribution in [2.24, 2.45) is 34.7 Å². The number of carbonyl (C=O) groups excluding carboxylic acids is 2. The zero-order valence-electron chi connectivity index (χ0n) is 18.6. The van der Waals surface area contributed by atoms with Crippen molar-refractivity contribution in [3.63, 3.8) is 0 Å². The quantitative estimate of drug-likeness (QED) is 0.654. The first-order valence-corrected chi connectivity index (χ1v) is 11.0. The topological polar surface area (TPSA) is 86.7 Å². The van der Waals surface area contributed by atoms with Crippen LogP contribution in [0.15, 0.2) is 47.6 Å². The van der Waals surface area contributed by atoms with Crippen molar-refractivity contribution in [3.8, 4) is 17.2 Å². The molecule has 0 N–H and O–H groups in total. The van der Waals surface area contributed by atoms with Gasteiger partial charge in [0.05, 0.1) is 44.6 Å². The van der Waals surface area contributed by atoms with E-state index in [0.717, 1.165) is 17.7 Å². The van der Waals surface area contributed by atoms with Gasteiger partial charge in [-0.05, 0) is 48.7 Å². The summed E-state index contributed by atoms with van der Waals surface area (Å²) in [6.45, 7) is 0. The fourth-order valence-corrected chi connectivity index (χ4v) is 6.34. The number of methoxy groups -OCH3 is 3. The normalized spacial score (nSPS) is 31.2. The SMILES string of the molecule is COc1ccc(N2C(=O)C3C4CC(C5C(c6ccc(OC)cc6OC)=NOC45)C3C2=O)cc1. The fourth-order valence-electron chi connectivity index (χ4n) is 6.34. The van der Waals surface area contributed by atoms with E-state index in [-0.39, 0.29) is 47.5 Å². The zero-order chi connectivity index (χ0) is 22.9. The summed E-state index contributed by atoms with van der Waals surface area (Å²) in [5.74, 6) is 0.931. The minimum atomic E-state index is -0.363. The van der Waals surface area contributed by atoms with Crippen LogP contribution in [0.2, 0.25) is 0 Å². The van der Waals surface area contributed by atoms with Gasteiger partial charge < -0.3 is 19.0 Å². The summed E-state index contributed by atoms with van der Waals surface area (Å²) in [6.07, 6.45) is 0.585. The van der Waals surface area contributed by atoms with Crippen LogP contribution in [0.4, 0.5) is 5.69 Å². The molecule has 2 saturated carbocycles. The summed E-state index contributed by atoms with van der Waals surface area (Å²) < 4.78 is 16.1. The fraction of sp³-hybridized carbons (Fsp3) is 0.400. The maximum absolute atomic E-state index is 13.5. The molecule has 2 aromatic carbocycles. The first-order valence-electron chi connectivity index (χ1n) is 11.0. The number of anilines is 1. The highest BCUT2D eigenvalue weighted by molar-refractivity contribution is 6.23. The number of hydrogen-bond acceptors (Lipinski definition) is 7. The van der Waals surface area contributed by atoms with Crippen LogP contribution in [0.3, 0.4) is 0 Å². The maximum atomic E-state index is 13.5. The van der Waals surface area contributed by atoms with E-state index in [0.29, 0.717) is 22.9 Å². The Morgan fingerprint density at radius 2 is 1.52 bits per heavy atom. The molecule has 170 valence electrons. The Morgan fingerprint density at radius 1 is 0.848 bits per heavy atom. The van der Waals surface area contributed by atoms with Gasteiger partial charge in [0.1, 0.15) is 23.4 Å². The lowest BCUT2D eigenvalue weighted by molar-refractivity contribution is -0.125. The summed E-state index contributed by atoms with van der Waals surface area (Å²) in [6, 6.07) is 12.6. The number of nitrogens with zero attached hydrogens (tertiary/aromatic N) is 2. The lowest BCUT2D eigenvalue weighted by atomic mass is 9.71. The minimum absolute atomic E-state index is 0.00208. The zero-order valence-corrected chi connectivity index (χ0v) is 18.6. The van der Waals surface area contributed by atoms with Gasteiger partial charge in [-0.3, -0.25) is 14.5 Å². The predicted molar refractivity (Wildman–Crippen MR) is 119 cm³/mol. The second-order valence-corrected chi connectivity index (χ2v) is 8.96. The van der Waals surface area contributed by atoms with Gasteiger partial charge in [0.2, 0.25) is 11.8 Å². The average Bonchev–Trinajstić information content (AvgIpc) is 3.59. The smallest absolute Gasteiger partial charge is 0.238 e. The van der Waals surface area contributed by atoms with Gasteiger partial charge in [0.25, 0.3) is 0 Å². The molecule has 2 aromatic rings. The summed E-state index contributed by atoms with van der Waals surface area (Å²) >= 11 is 0. The van der Waals surface area contributed by atoms with Crippen LogP contribution < -0.4 is 19.1 Å². The highest BCUT2D eigenvalue weighted by atomic mass is 16.6. The Balaban J connectivity index is 1.33. The molecule has 6 atom stereocenters. The van der Waals surface area contributed by atoms with E-state index >= 15 is 0 Å². The summed E-state index contributed by atoms with van der Waals surface area (Å²) in [7, 11) is 4.79. The van der Waals surface area contributed by atoms with Crippen molar-refractivity contribution in [3.05, 3.63) is 48.0 Å². The minimum Gasteiger partial charge on any atom is -0.497 e. The van der Waals surface area contributed by atoms with E-state index in [9.17, 15) is 9.59 Å². The van der Waals surface area contributed by atoms with Crippen molar-refractivity contribution >= 4 is 23.2 Å². The molecule has 0 radical (unpaired) electrons. The van der Waals surface area contributed by atoms with Gasteiger partial charge in [-0.1, -0.05) is 5.16 Å². The molecule has 4 aliphatic rings. The van der Waals surface area contributed by atoms with Gasteiger partial charge in [-0.2, -0.15) is 0 Å². The van der Waals surface area contributed by atoms with Crippen molar-refractivity contribution in [1.29, 1.82) is 0 Å². The lowest BCUT2D eigenvalue weighted by Gasteiger charge is -2.30. The van der Waals surface area contributed by atoms with Crippen LogP contribution in [0.5, 0.6) is 17.2 Å². The van der Waals surface area contributed by atoms with Crippen LogP contribution in [0, 0.1) is 29.6 Å². The number of benzene rings is 2. The molecule has 8 heteroatoms. The van der Waals surface area contributed by atoms with Gasteiger partial charge in [0.15, 0.2) is 0 Å². The van der Waals surface area contributed by atoms with Crippen LogP contribution in [-0.4, -0.2) is 45.0 Å². The Labute approximate surface area is 191 Å². The van der Waals surface area contributed by atoms with Crippen LogP contribution in [0.1, 0.15) is 12.0 Å². The molecule has 6 rings (SSSR count). The number of amides is 2. The number of ether oxygens (including phenoxy) is 3. The summed E-state index contributed by atoms with van der Waals surface area (Å²) in [5, 5.41) is 4.41. The van der Waals surface area contributed by atoms with Crippen molar-refractivity contribution in [1.82, 2.24) is 0 Å². The van der Waals surface area contributed by atoms with Crippen LogP contribution in [0.25, 0.3) is 0 Å². The summed E-state index contributed by atoms with van der Waals surface area (Å²) in [4.78, 5) is 34.2. The van der Waals surface area contributed by atoms with Crippen molar-refractivity contribution in [2.75, 3.05) is 26.2 Å². The first-order chi connectivity index (χ1) is 16.1. The van der Waals surface area contributed by atoms with Crippen molar-refractivity contribution < 1.29 is 28.6 Å². The van der Waals surface area contributed by atoms with E-state index in [1.165, 1.54) is 4.90 Å².